The van der Waals surface area contributed by atoms with Crippen LogP contribution in [0.15, 0.2) is 133 Å². The van der Waals surface area contributed by atoms with Crippen molar-refractivity contribution >= 4 is 30.7 Å². The summed E-state index contributed by atoms with van der Waals surface area (Å²) in [6, 6.07) is 40.7. The molecule has 1 saturated carbocycles. The van der Waals surface area contributed by atoms with E-state index in [2.05, 4.69) is 102 Å². The number of hydrogen-bond donors (Lipinski definition) is 0. The summed E-state index contributed by atoms with van der Waals surface area (Å²) < 4.78 is 14.2. The normalized spacial score (nSPS) is 19.5. The highest BCUT2D eigenvalue weighted by Gasteiger charge is 2.59. The van der Waals surface area contributed by atoms with Gasteiger partial charge in [0.05, 0.1) is 12.1 Å². The first-order chi connectivity index (χ1) is 25.0. The highest BCUT2D eigenvalue weighted by Crippen LogP contribution is 2.47. The van der Waals surface area contributed by atoms with E-state index in [1.165, 1.54) is 34.5 Å². The molecule has 2 amide bonds. The van der Waals surface area contributed by atoms with Crippen molar-refractivity contribution in [1.29, 1.82) is 0 Å². The number of amides is 2. The molecule has 0 spiro atoms. The van der Waals surface area contributed by atoms with Gasteiger partial charge in [-0.3, -0.25) is 4.79 Å². The highest BCUT2D eigenvalue weighted by molar-refractivity contribution is 6.99. The fraction of sp³-hybridized carbons (Fsp3) is 0.391. The molecule has 0 N–H and O–H groups in total. The maximum absolute atomic E-state index is 14.4. The first-order valence-corrected chi connectivity index (χ1v) is 21.1. The molecule has 6 rings (SSSR count). The maximum Gasteiger partial charge on any atom is 0.418 e. The van der Waals surface area contributed by atoms with E-state index in [9.17, 15) is 9.59 Å². The van der Waals surface area contributed by atoms with Gasteiger partial charge in [0.2, 0.25) is 0 Å². The second-order valence-electron chi connectivity index (χ2n) is 16.1. The van der Waals surface area contributed by atoms with Gasteiger partial charge < -0.3 is 9.16 Å². The topological polar surface area (TPSA) is 55.8 Å². The SMILES string of the molecule is CC(C)[C@@H]1N(C(=O)/C=C/[C@@H](C)[C@@H](O[Si](c2ccccc2)(c2ccccc2)C(C)(C)C)C2CCCCC2)C(=O)OC1(c1ccccc1)c1ccccc1. The summed E-state index contributed by atoms with van der Waals surface area (Å²) in [6.45, 7) is 13.2. The van der Waals surface area contributed by atoms with Crippen LogP contribution in [0.4, 0.5) is 4.79 Å². The predicted molar refractivity (Wildman–Crippen MR) is 213 cm³/mol. The van der Waals surface area contributed by atoms with Gasteiger partial charge in [-0.05, 0) is 46.0 Å². The fourth-order valence-electron chi connectivity index (χ4n) is 8.95. The molecule has 5 nitrogen and oxygen atoms in total. The Morgan fingerprint density at radius 2 is 1.23 bits per heavy atom. The summed E-state index contributed by atoms with van der Waals surface area (Å²) in [5.41, 5.74) is 0.550. The number of cyclic esters (lactones) is 1. The lowest BCUT2D eigenvalue weighted by molar-refractivity contribution is -0.125. The Morgan fingerprint density at radius 1 is 0.769 bits per heavy atom. The third-order valence-electron chi connectivity index (χ3n) is 11.3. The molecule has 1 aliphatic carbocycles. The minimum absolute atomic E-state index is 0.0853. The molecule has 4 aromatic rings. The highest BCUT2D eigenvalue weighted by atomic mass is 28.4. The first-order valence-electron chi connectivity index (χ1n) is 19.1. The van der Waals surface area contributed by atoms with E-state index in [4.69, 9.17) is 9.16 Å². The van der Waals surface area contributed by atoms with E-state index in [1.54, 1.807) is 6.08 Å². The molecule has 6 heteroatoms. The molecule has 0 aromatic heterocycles. The number of rotatable bonds is 11. The van der Waals surface area contributed by atoms with Crippen molar-refractivity contribution < 1.29 is 18.8 Å². The molecule has 272 valence electrons. The Kier molecular flexibility index (Phi) is 11.4. The van der Waals surface area contributed by atoms with Crippen LogP contribution in [0.1, 0.15) is 84.8 Å². The lowest BCUT2D eigenvalue weighted by Gasteiger charge is -2.48. The number of imide groups is 1. The van der Waals surface area contributed by atoms with Gasteiger partial charge >= 0.3 is 6.09 Å². The zero-order valence-electron chi connectivity index (χ0n) is 31.7. The van der Waals surface area contributed by atoms with E-state index < -0.39 is 26.1 Å². The predicted octanol–water partition coefficient (Wildman–Crippen LogP) is 9.65. The maximum atomic E-state index is 14.4. The average Bonchev–Trinajstić information content (AvgIpc) is 3.49. The lowest BCUT2D eigenvalue weighted by atomic mass is 9.75. The Bertz CT molecular complexity index is 1720. The van der Waals surface area contributed by atoms with Crippen LogP contribution < -0.4 is 10.4 Å². The molecular weight excluding hydrogens is 659 g/mol. The Hall–Kier alpha value is -4.26. The van der Waals surface area contributed by atoms with Crippen LogP contribution in [-0.4, -0.2) is 37.4 Å². The molecule has 0 bridgehead atoms. The standard InChI is InChI=1S/C46H55NO4Si/c1-34(2)43-46(37-24-14-8-15-25-37,38-26-16-9-17-27-38)50-44(49)47(43)41(48)33-32-35(3)42(36-22-12-7-13-23-36)51-52(45(4,5)6,39-28-18-10-19-29-39)40-30-20-11-21-31-40/h8-11,14-21,24-36,42-43H,7,12-13,22-23H2,1-6H3/b33-32+/t35-,42-,43+/m1/s1. The fourth-order valence-corrected chi connectivity index (χ4v) is 13.8. The van der Waals surface area contributed by atoms with Gasteiger partial charge in [-0.2, -0.15) is 0 Å². The number of hydrogen-bond acceptors (Lipinski definition) is 4. The summed E-state index contributed by atoms with van der Waals surface area (Å²) in [4.78, 5) is 29.7. The van der Waals surface area contributed by atoms with E-state index in [0.29, 0.717) is 5.92 Å². The largest absolute Gasteiger partial charge is 0.430 e. The van der Waals surface area contributed by atoms with Gasteiger partial charge in [0.15, 0.2) is 5.60 Å². The van der Waals surface area contributed by atoms with Crippen molar-refractivity contribution in [2.45, 2.75) is 96.4 Å². The molecule has 0 radical (unpaired) electrons. The molecule has 1 saturated heterocycles. The molecular formula is C46H55NO4Si. The molecule has 3 atom stereocenters. The molecule has 2 fully saturated rings. The Labute approximate surface area is 312 Å². The van der Waals surface area contributed by atoms with Gasteiger partial charge in [-0.15, -0.1) is 0 Å². The zero-order valence-corrected chi connectivity index (χ0v) is 32.7. The van der Waals surface area contributed by atoms with Crippen molar-refractivity contribution in [3.63, 3.8) is 0 Å². The van der Waals surface area contributed by atoms with Crippen LogP contribution in [0.2, 0.25) is 5.04 Å². The lowest BCUT2D eigenvalue weighted by Crippen LogP contribution is -2.68. The number of carbonyl (C=O) groups excluding carboxylic acids is 2. The van der Waals surface area contributed by atoms with Crippen LogP contribution in [0, 0.1) is 17.8 Å². The molecule has 1 aliphatic heterocycles. The van der Waals surface area contributed by atoms with E-state index >= 15 is 0 Å². The molecule has 0 unspecified atom stereocenters. The van der Waals surface area contributed by atoms with Crippen LogP contribution in [0.3, 0.4) is 0 Å². The van der Waals surface area contributed by atoms with Crippen LogP contribution in [-0.2, 0) is 19.6 Å². The van der Waals surface area contributed by atoms with E-state index in [0.717, 1.165) is 24.0 Å². The summed E-state index contributed by atoms with van der Waals surface area (Å²) >= 11 is 0. The van der Waals surface area contributed by atoms with Crippen molar-refractivity contribution in [1.82, 2.24) is 4.90 Å². The average molecular weight is 714 g/mol. The molecule has 2 aliphatic rings. The van der Waals surface area contributed by atoms with E-state index in [-0.39, 0.29) is 28.9 Å². The number of ether oxygens (including phenoxy) is 1. The monoisotopic (exact) mass is 713 g/mol. The van der Waals surface area contributed by atoms with Gasteiger partial charge in [0.25, 0.3) is 14.2 Å². The summed E-state index contributed by atoms with van der Waals surface area (Å²) in [5.74, 6) is -0.181. The number of benzene rings is 4. The quantitative estimate of drug-likeness (QED) is 0.115. The van der Waals surface area contributed by atoms with Crippen molar-refractivity contribution in [2.75, 3.05) is 0 Å². The van der Waals surface area contributed by atoms with Gasteiger partial charge in [0.1, 0.15) is 0 Å². The van der Waals surface area contributed by atoms with Crippen molar-refractivity contribution in [2.24, 2.45) is 17.8 Å². The third-order valence-corrected chi connectivity index (χ3v) is 16.3. The molecule has 52 heavy (non-hydrogen) atoms. The van der Waals surface area contributed by atoms with Gasteiger partial charge in [0, 0.05) is 17.2 Å². The molecule has 4 aromatic carbocycles. The molecule has 1 heterocycles. The number of nitrogens with zero attached hydrogens (tertiary/aromatic N) is 1. The van der Waals surface area contributed by atoms with Crippen LogP contribution in [0.25, 0.3) is 0 Å². The number of carbonyl (C=O) groups is 2. The van der Waals surface area contributed by atoms with Crippen molar-refractivity contribution in [3.05, 3.63) is 145 Å². The Morgan fingerprint density at radius 3 is 1.67 bits per heavy atom. The van der Waals surface area contributed by atoms with E-state index in [1.807, 2.05) is 66.7 Å². The second kappa shape index (κ2) is 15.8. The summed E-state index contributed by atoms with van der Waals surface area (Å²) in [5, 5.41) is 2.32. The first kappa shape index (κ1) is 37.5. The minimum atomic E-state index is -2.88. The smallest absolute Gasteiger partial charge is 0.418 e. The van der Waals surface area contributed by atoms with Crippen LogP contribution >= 0.6 is 0 Å². The van der Waals surface area contributed by atoms with Gasteiger partial charge in [-0.25, -0.2) is 9.69 Å². The zero-order chi connectivity index (χ0) is 36.9. The third kappa shape index (κ3) is 7.08. The van der Waals surface area contributed by atoms with Gasteiger partial charge in [-0.1, -0.05) is 188 Å². The second-order valence-corrected chi connectivity index (χ2v) is 20.3. The Balaban J connectivity index is 1.38. The minimum Gasteiger partial charge on any atom is -0.430 e. The summed E-state index contributed by atoms with van der Waals surface area (Å²) in [6.07, 6.45) is 8.65. The summed E-state index contributed by atoms with van der Waals surface area (Å²) in [7, 11) is -2.88. The van der Waals surface area contributed by atoms with Crippen LogP contribution in [0.5, 0.6) is 0 Å². The van der Waals surface area contributed by atoms with Crippen molar-refractivity contribution in [3.8, 4) is 0 Å².